The first-order valence-electron chi connectivity index (χ1n) is 7.60. The Kier molecular flexibility index (Phi) is 7.70. The number of unbranched alkanes of at least 4 members (excludes halogenated alkanes) is 6. The first kappa shape index (κ1) is 16.5. The van der Waals surface area contributed by atoms with Gasteiger partial charge in [0, 0.05) is 31.4 Å². The highest BCUT2D eigenvalue weighted by atomic mass is 16.2. The van der Waals surface area contributed by atoms with Crippen LogP contribution in [0.1, 0.15) is 62.2 Å². The topological polar surface area (TPSA) is 51.1 Å². The molecule has 0 saturated heterocycles. The Bertz CT molecular complexity index is 466. The fraction of sp³-hybridized carbons (Fsp3) is 0.625. The number of hydrogen-bond acceptors (Lipinski definition) is 2. The molecular weight excluding hydrogens is 252 g/mol. The zero-order valence-electron chi connectivity index (χ0n) is 12.7. The van der Waals surface area contributed by atoms with Crippen molar-refractivity contribution in [1.82, 2.24) is 9.88 Å². The summed E-state index contributed by atoms with van der Waals surface area (Å²) in [6.07, 6.45) is 10.2. The lowest BCUT2D eigenvalue weighted by molar-refractivity contribution is 0.0952. The first-order chi connectivity index (χ1) is 9.65. The molecule has 1 heterocycles. The van der Waals surface area contributed by atoms with Gasteiger partial charge in [0.05, 0.1) is 0 Å². The van der Waals surface area contributed by atoms with Gasteiger partial charge in [-0.05, 0) is 12.5 Å². The fourth-order valence-electron chi connectivity index (χ4n) is 2.08. The molecule has 1 aromatic heterocycles. The van der Waals surface area contributed by atoms with Crippen LogP contribution in [-0.2, 0) is 7.05 Å². The van der Waals surface area contributed by atoms with Gasteiger partial charge in [-0.1, -0.05) is 45.4 Å². The van der Waals surface area contributed by atoms with Crippen LogP contribution in [0.15, 0.2) is 23.1 Å². The van der Waals surface area contributed by atoms with Gasteiger partial charge in [-0.15, -0.1) is 0 Å². The van der Waals surface area contributed by atoms with Crippen LogP contribution in [0.5, 0.6) is 0 Å². The maximum absolute atomic E-state index is 11.8. The molecule has 0 fully saturated rings. The molecule has 0 unspecified atom stereocenters. The third-order valence-electron chi connectivity index (χ3n) is 3.43. The predicted octanol–water partition coefficient (Wildman–Crippen LogP) is 2.87. The summed E-state index contributed by atoms with van der Waals surface area (Å²) in [7, 11) is 1.67. The van der Waals surface area contributed by atoms with E-state index in [4.69, 9.17) is 0 Å². The summed E-state index contributed by atoms with van der Waals surface area (Å²) >= 11 is 0. The molecule has 0 aliphatic heterocycles. The van der Waals surface area contributed by atoms with E-state index < -0.39 is 0 Å². The van der Waals surface area contributed by atoms with Gasteiger partial charge >= 0.3 is 0 Å². The van der Waals surface area contributed by atoms with Crippen LogP contribution in [0.3, 0.4) is 0 Å². The van der Waals surface area contributed by atoms with E-state index in [0.717, 1.165) is 12.8 Å². The summed E-state index contributed by atoms with van der Waals surface area (Å²) in [4.78, 5) is 23.3. The molecule has 0 spiro atoms. The van der Waals surface area contributed by atoms with Crippen molar-refractivity contribution in [3.63, 3.8) is 0 Å². The molecule has 1 amide bonds. The van der Waals surface area contributed by atoms with Gasteiger partial charge in [0.15, 0.2) is 0 Å². The van der Waals surface area contributed by atoms with E-state index in [-0.39, 0.29) is 11.5 Å². The van der Waals surface area contributed by atoms with Gasteiger partial charge in [-0.25, -0.2) is 0 Å². The van der Waals surface area contributed by atoms with Crippen LogP contribution in [-0.4, -0.2) is 17.0 Å². The quantitative estimate of drug-likeness (QED) is 0.706. The number of carbonyl (C=O) groups is 1. The standard InChI is InChI=1S/C16H26N2O2/c1-3-4-5-6-7-8-9-11-17-16(20)14-10-12-18(2)15(19)13-14/h10,12-13H,3-9,11H2,1-2H3,(H,17,20). The average molecular weight is 278 g/mol. The number of pyridine rings is 1. The Labute approximate surface area is 121 Å². The van der Waals surface area contributed by atoms with Crippen LogP contribution in [0.25, 0.3) is 0 Å². The summed E-state index contributed by atoms with van der Waals surface area (Å²) in [5.41, 5.74) is 0.282. The van der Waals surface area contributed by atoms with E-state index in [0.29, 0.717) is 12.1 Å². The van der Waals surface area contributed by atoms with Crippen molar-refractivity contribution in [3.05, 3.63) is 34.2 Å². The SMILES string of the molecule is CCCCCCCCCNC(=O)c1ccn(C)c(=O)c1. The zero-order valence-corrected chi connectivity index (χ0v) is 12.7. The summed E-state index contributed by atoms with van der Waals surface area (Å²) < 4.78 is 1.45. The molecular formula is C16H26N2O2. The predicted molar refractivity (Wildman–Crippen MR) is 82.0 cm³/mol. The van der Waals surface area contributed by atoms with E-state index in [9.17, 15) is 9.59 Å². The van der Waals surface area contributed by atoms with Gasteiger partial charge in [-0.2, -0.15) is 0 Å². The second kappa shape index (κ2) is 9.34. The van der Waals surface area contributed by atoms with E-state index in [1.165, 1.54) is 42.7 Å². The lowest BCUT2D eigenvalue weighted by Crippen LogP contribution is -2.26. The Morgan fingerprint density at radius 3 is 2.45 bits per heavy atom. The molecule has 1 rings (SSSR count). The van der Waals surface area contributed by atoms with Crippen molar-refractivity contribution in [2.75, 3.05) is 6.54 Å². The number of carbonyl (C=O) groups excluding carboxylic acids is 1. The lowest BCUT2D eigenvalue weighted by Gasteiger charge is -2.06. The van der Waals surface area contributed by atoms with E-state index in [1.54, 1.807) is 19.3 Å². The van der Waals surface area contributed by atoms with Crippen LogP contribution < -0.4 is 10.9 Å². The average Bonchev–Trinajstić information content (AvgIpc) is 2.44. The monoisotopic (exact) mass is 278 g/mol. The molecule has 0 aliphatic carbocycles. The smallest absolute Gasteiger partial charge is 0.251 e. The summed E-state index contributed by atoms with van der Waals surface area (Å²) in [5.74, 6) is -0.159. The Balaban J connectivity index is 2.17. The third kappa shape index (κ3) is 6.04. The largest absolute Gasteiger partial charge is 0.352 e. The van der Waals surface area contributed by atoms with Gasteiger partial charge < -0.3 is 9.88 Å². The van der Waals surface area contributed by atoms with E-state index >= 15 is 0 Å². The molecule has 20 heavy (non-hydrogen) atoms. The number of aromatic nitrogens is 1. The Hall–Kier alpha value is -1.58. The van der Waals surface area contributed by atoms with E-state index in [2.05, 4.69) is 12.2 Å². The molecule has 112 valence electrons. The Morgan fingerprint density at radius 1 is 1.15 bits per heavy atom. The van der Waals surface area contributed by atoms with Gasteiger partial charge in [-0.3, -0.25) is 9.59 Å². The number of amides is 1. The summed E-state index contributed by atoms with van der Waals surface area (Å²) in [6.45, 7) is 2.90. The number of rotatable bonds is 9. The highest BCUT2D eigenvalue weighted by Gasteiger charge is 2.05. The molecule has 1 aromatic rings. The maximum Gasteiger partial charge on any atom is 0.251 e. The van der Waals surface area contributed by atoms with Crippen molar-refractivity contribution in [2.45, 2.75) is 51.9 Å². The normalized spacial score (nSPS) is 10.5. The minimum Gasteiger partial charge on any atom is -0.352 e. The summed E-state index contributed by atoms with van der Waals surface area (Å²) in [5, 5.41) is 2.86. The highest BCUT2D eigenvalue weighted by Crippen LogP contribution is 2.06. The second-order valence-electron chi connectivity index (χ2n) is 5.24. The number of nitrogens with zero attached hydrogens (tertiary/aromatic N) is 1. The molecule has 0 bridgehead atoms. The van der Waals surface area contributed by atoms with Crippen molar-refractivity contribution in [1.29, 1.82) is 0 Å². The molecule has 0 aliphatic rings. The molecule has 0 atom stereocenters. The molecule has 4 nitrogen and oxygen atoms in total. The number of aryl methyl sites for hydroxylation is 1. The van der Waals surface area contributed by atoms with Crippen molar-refractivity contribution >= 4 is 5.91 Å². The van der Waals surface area contributed by atoms with E-state index in [1.807, 2.05) is 0 Å². The Morgan fingerprint density at radius 2 is 1.80 bits per heavy atom. The minimum absolute atomic E-state index is 0.159. The first-order valence-corrected chi connectivity index (χ1v) is 7.60. The zero-order chi connectivity index (χ0) is 14.8. The highest BCUT2D eigenvalue weighted by molar-refractivity contribution is 5.93. The molecule has 0 aromatic carbocycles. The van der Waals surface area contributed by atoms with Crippen LogP contribution in [0.2, 0.25) is 0 Å². The number of hydrogen-bond donors (Lipinski definition) is 1. The van der Waals surface area contributed by atoms with Gasteiger partial charge in [0.2, 0.25) is 0 Å². The minimum atomic E-state index is -0.159. The van der Waals surface area contributed by atoms with Crippen molar-refractivity contribution in [2.24, 2.45) is 7.05 Å². The van der Waals surface area contributed by atoms with Gasteiger partial charge in [0.1, 0.15) is 0 Å². The molecule has 4 heteroatoms. The summed E-state index contributed by atoms with van der Waals surface area (Å²) in [6, 6.07) is 3.04. The fourth-order valence-corrected chi connectivity index (χ4v) is 2.08. The van der Waals surface area contributed by atoms with Gasteiger partial charge in [0.25, 0.3) is 11.5 Å². The number of nitrogens with one attached hydrogen (secondary N) is 1. The van der Waals surface area contributed by atoms with Crippen molar-refractivity contribution in [3.8, 4) is 0 Å². The molecule has 1 N–H and O–H groups in total. The third-order valence-corrected chi connectivity index (χ3v) is 3.43. The van der Waals surface area contributed by atoms with Crippen LogP contribution >= 0.6 is 0 Å². The molecule has 0 radical (unpaired) electrons. The van der Waals surface area contributed by atoms with Crippen LogP contribution in [0, 0.1) is 0 Å². The van der Waals surface area contributed by atoms with Crippen molar-refractivity contribution < 1.29 is 4.79 Å². The second-order valence-corrected chi connectivity index (χ2v) is 5.24. The lowest BCUT2D eigenvalue weighted by atomic mass is 10.1. The molecule has 0 saturated carbocycles. The van der Waals surface area contributed by atoms with Crippen LogP contribution in [0.4, 0.5) is 0 Å². The maximum atomic E-state index is 11.8.